The lowest BCUT2D eigenvalue weighted by Crippen LogP contribution is -2.29. The van der Waals surface area contributed by atoms with Gasteiger partial charge in [-0.3, -0.25) is 14.5 Å². The zero-order chi connectivity index (χ0) is 23.5. The largest absolute Gasteiger partial charge is 0.493 e. The molecule has 32 heavy (non-hydrogen) atoms. The van der Waals surface area contributed by atoms with Gasteiger partial charge in [0.2, 0.25) is 0 Å². The van der Waals surface area contributed by atoms with Crippen molar-refractivity contribution in [2.75, 3.05) is 26.9 Å². The van der Waals surface area contributed by atoms with Crippen LogP contribution in [0.1, 0.15) is 57.9 Å². The molecule has 1 heterocycles. The Bertz CT molecular complexity index is 859. The molecule has 1 amide bonds. The van der Waals surface area contributed by atoms with Gasteiger partial charge >= 0.3 is 5.97 Å². The van der Waals surface area contributed by atoms with Crippen LogP contribution < -0.4 is 9.47 Å². The average Bonchev–Trinajstić information content (AvgIpc) is 3.02. The molecule has 1 saturated heterocycles. The Hall–Kier alpha value is -1.58. The van der Waals surface area contributed by atoms with Crippen molar-refractivity contribution in [1.82, 2.24) is 4.90 Å². The third-order valence-electron chi connectivity index (χ3n) is 4.74. The number of benzene rings is 1. The van der Waals surface area contributed by atoms with Crippen LogP contribution in [0, 0.1) is 0 Å². The maximum absolute atomic E-state index is 12.9. The predicted molar refractivity (Wildman–Crippen MR) is 136 cm³/mol. The van der Waals surface area contributed by atoms with Crippen LogP contribution in [0.5, 0.6) is 11.5 Å². The average molecular weight is 545 g/mol. The SMILES string of the molecule is CCCCOc1c(Br)cc(/C=C2\SC(=S)N(CCCCCC(=O)OCC)C2=O)cc1OC. The summed E-state index contributed by atoms with van der Waals surface area (Å²) in [6, 6.07) is 3.76. The van der Waals surface area contributed by atoms with Crippen LogP contribution in [-0.2, 0) is 14.3 Å². The molecule has 9 heteroatoms. The summed E-state index contributed by atoms with van der Waals surface area (Å²) in [4.78, 5) is 26.5. The molecule has 176 valence electrons. The molecule has 1 fully saturated rings. The second kappa shape index (κ2) is 13.9. The monoisotopic (exact) mass is 543 g/mol. The van der Waals surface area contributed by atoms with Gasteiger partial charge in [-0.25, -0.2) is 0 Å². The number of nitrogens with zero attached hydrogens (tertiary/aromatic N) is 1. The third kappa shape index (κ3) is 7.78. The van der Waals surface area contributed by atoms with Gasteiger partial charge in [-0.05, 0) is 65.9 Å². The first-order chi connectivity index (χ1) is 15.4. The predicted octanol–water partition coefficient (Wildman–Crippen LogP) is 5.96. The van der Waals surface area contributed by atoms with Crippen LogP contribution >= 0.6 is 39.9 Å². The fourth-order valence-electron chi connectivity index (χ4n) is 3.08. The molecule has 0 spiro atoms. The van der Waals surface area contributed by atoms with E-state index in [1.165, 1.54) is 11.8 Å². The fourth-order valence-corrected chi connectivity index (χ4v) is 4.96. The van der Waals surface area contributed by atoms with E-state index >= 15 is 0 Å². The number of methoxy groups -OCH3 is 1. The Labute approximate surface area is 208 Å². The van der Waals surface area contributed by atoms with Gasteiger partial charge in [0.05, 0.1) is 29.7 Å². The molecule has 0 bridgehead atoms. The van der Waals surface area contributed by atoms with E-state index in [0.717, 1.165) is 42.1 Å². The lowest BCUT2D eigenvalue weighted by Gasteiger charge is -2.14. The Kier molecular flexibility index (Phi) is 11.5. The number of unbranched alkanes of at least 4 members (excludes halogenated alkanes) is 3. The molecule has 6 nitrogen and oxygen atoms in total. The molecular formula is C23H30BrNO5S2. The quantitative estimate of drug-likeness (QED) is 0.131. The Morgan fingerprint density at radius 3 is 2.69 bits per heavy atom. The summed E-state index contributed by atoms with van der Waals surface area (Å²) in [5.74, 6) is 1.00. The molecule has 0 aliphatic carbocycles. The minimum absolute atomic E-state index is 0.0937. The number of esters is 1. The molecule has 0 N–H and O–H groups in total. The molecule has 2 rings (SSSR count). The van der Waals surface area contributed by atoms with Gasteiger partial charge < -0.3 is 14.2 Å². The van der Waals surface area contributed by atoms with Crippen molar-refractivity contribution < 1.29 is 23.8 Å². The Morgan fingerprint density at radius 1 is 1.22 bits per heavy atom. The first-order valence-corrected chi connectivity index (χ1v) is 12.8. The number of carbonyl (C=O) groups is 2. The minimum atomic E-state index is -0.176. The Morgan fingerprint density at radius 2 is 2.00 bits per heavy atom. The Balaban J connectivity index is 1.99. The highest BCUT2D eigenvalue weighted by Crippen LogP contribution is 2.39. The maximum Gasteiger partial charge on any atom is 0.305 e. The zero-order valence-electron chi connectivity index (χ0n) is 18.8. The van der Waals surface area contributed by atoms with E-state index in [2.05, 4.69) is 22.9 Å². The second-order valence-corrected chi connectivity index (χ2v) is 9.72. The van der Waals surface area contributed by atoms with Crippen LogP contribution in [0.4, 0.5) is 0 Å². The highest BCUT2D eigenvalue weighted by atomic mass is 79.9. The summed E-state index contributed by atoms with van der Waals surface area (Å²) in [6.45, 7) is 5.47. The van der Waals surface area contributed by atoms with Gasteiger partial charge in [0, 0.05) is 13.0 Å². The minimum Gasteiger partial charge on any atom is -0.493 e. The molecule has 0 atom stereocenters. The number of amides is 1. The molecule has 1 aliphatic heterocycles. The first-order valence-electron chi connectivity index (χ1n) is 10.8. The van der Waals surface area contributed by atoms with Crippen LogP contribution in [0.25, 0.3) is 6.08 Å². The first kappa shape index (κ1) is 26.7. The van der Waals surface area contributed by atoms with E-state index in [9.17, 15) is 9.59 Å². The standard InChI is InChI=1S/C23H30BrNO5S2/c1-4-6-12-30-21-17(24)13-16(14-18(21)28-3)15-19-22(27)25(23(31)32-19)11-9-7-8-10-20(26)29-5-2/h13-15H,4-12H2,1-3H3/b19-15-. The molecule has 0 saturated carbocycles. The summed E-state index contributed by atoms with van der Waals surface area (Å²) < 4.78 is 17.6. The molecule has 0 aromatic heterocycles. The zero-order valence-corrected chi connectivity index (χ0v) is 22.0. The van der Waals surface area contributed by atoms with E-state index in [0.29, 0.717) is 46.9 Å². The molecule has 0 unspecified atom stereocenters. The topological polar surface area (TPSA) is 65.1 Å². The molecule has 1 aromatic carbocycles. The van der Waals surface area contributed by atoms with Gasteiger partial charge in [-0.15, -0.1) is 0 Å². The summed E-state index contributed by atoms with van der Waals surface area (Å²) >= 11 is 10.3. The number of thioether (sulfide) groups is 1. The lowest BCUT2D eigenvalue weighted by atomic mass is 10.1. The number of thiocarbonyl (C=S) groups is 1. The van der Waals surface area contributed by atoms with E-state index in [1.54, 1.807) is 18.9 Å². The molecule has 1 aromatic rings. The number of ether oxygens (including phenoxy) is 3. The summed E-state index contributed by atoms with van der Waals surface area (Å²) in [5.41, 5.74) is 0.825. The van der Waals surface area contributed by atoms with Gasteiger partial charge in [-0.2, -0.15) is 0 Å². The highest BCUT2D eigenvalue weighted by Gasteiger charge is 2.31. The van der Waals surface area contributed by atoms with Crippen molar-refractivity contribution in [1.29, 1.82) is 0 Å². The van der Waals surface area contributed by atoms with Crippen LogP contribution in [0.15, 0.2) is 21.5 Å². The van der Waals surface area contributed by atoms with Crippen molar-refractivity contribution >= 4 is 62.2 Å². The van der Waals surface area contributed by atoms with Crippen molar-refractivity contribution in [3.05, 3.63) is 27.1 Å². The molecule has 1 aliphatic rings. The normalized spacial score (nSPS) is 14.9. The fraction of sp³-hybridized carbons (Fsp3) is 0.522. The van der Waals surface area contributed by atoms with E-state index in [4.69, 9.17) is 26.4 Å². The van der Waals surface area contributed by atoms with Gasteiger partial charge in [-0.1, -0.05) is 43.7 Å². The maximum atomic E-state index is 12.9. The third-order valence-corrected chi connectivity index (χ3v) is 6.70. The number of hydrogen-bond acceptors (Lipinski definition) is 7. The number of carbonyl (C=O) groups excluding carboxylic acids is 2. The number of hydrogen-bond donors (Lipinski definition) is 0. The highest BCUT2D eigenvalue weighted by molar-refractivity contribution is 9.10. The number of rotatable bonds is 13. The second-order valence-electron chi connectivity index (χ2n) is 7.19. The number of halogens is 1. The smallest absolute Gasteiger partial charge is 0.305 e. The van der Waals surface area contributed by atoms with Crippen LogP contribution in [-0.4, -0.2) is 48.0 Å². The van der Waals surface area contributed by atoms with Crippen molar-refractivity contribution in [3.8, 4) is 11.5 Å². The van der Waals surface area contributed by atoms with Crippen LogP contribution in [0.3, 0.4) is 0 Å². The van der Waals surface area contributed by atoms with Crippen LogP contribution in [0.2, 0.25) is 0 Å². The molecule has 0 radical (unpaired) electrons. The summed E-state index contributed by atoms with van der Waals surface area (Å²) in [6.07, 6.45) is 6.59. The van der Waals surface area contributed by atoms with Crippen molar-refractivity contribution in [3.63, 3.8) is 0 Å². The van der Waals surface area contributed by atoms with Gasteiger partial charge in [0.1, 0.15) is 4.32 Å². The molecular weight excluding hydrogens is 514 g/mol. The van der Waals surface area contributed by atoms with E-state index < -0.39 is 0 Å². The summed E-state index contributed by atoms with van der Waals surface area (Å²) in [5, 5.41) is 0. The lowest BCUT2D eigenvalue weighted by molar-refractivity contribution is -0.143. The van der Waals surface area contributed by atoms with E-state index in [1.807, 2.05) is 18.2 Å². The van der Waals surface area contributed by atoms with Crippen molar-refractivity contribution in [2.24, 2.45) is 0 Å². The van der Waals surface area contributed by atoms with E-state index in [-0.39, 0.29) is 11.9 Å². The van der Waals surface area contributed by atoms with Gasteiger partial charge in [0.15, 0.2) is 11.5 Å². The van der Waals surface area contributed by atoms with Gasteiger partial charge in [0.25, 0.3) is 5.91 Å². The van der Waals surface area contributed by atoms with Crippen molar-refractivity contribution in [2.45, 2.75) is 52.4 Å². The summed E-state index contributed by atoms with van der Waals surface area (Å²) in [7, 11) is 1.60.